The lowest BCUT2D eigenvalue weighted by Gasteiger charge is -2.16. The number of aromatic nitrogens is 1. The van der Waals surface area contributed by atoms with Crippen molar-refractivity contribution in [3.63, 3.8) is 0 Å². The molecule has 5 heteroatoms. The molecule has 2 aromatic carbocycles. The van der Waals surface area contributed by atoms with Crippen LogP contribution < -0.4 is 0 Å². The van der Waals surface area contributed by atoms with E-state index >= 15 is 0 Å². The summed E-state index contributed by atoms with van der Waals surface area (Å²) in [6.45, 7) is 2.03. The quantitative estimate of drug-likeness (QED) is 0.417. The van der Waals surface area contributed by atoms with E-state index in [-0.39, 0.29) is 17.3 Å². The first-order chi connectivity index (χ1) is 12.6. The lowest BCUT2D eigenvalue weighted by atomic mass is 9.94. The maximum Gasteiger partial charge on any atom is 0.341 e. The van der Waals surface area contributed by atoms with Gasteiger partial charge in [-0.1, -0.05) is 41.4 Å². The van der Waals surface area contributed by atoms with E-state index < -0.39 is 5.97 Å². The van der Waals surface area contributed by atoms with Crippen LogP contribution in [0, 0.1) is 0 Å². The molecule has 1 aliphatic carbocycles. The normalized spacial score (nSPS) is 13.0. The molecule has 4 rings (SSSR count). The van der Waals surface area contributed by atoms with Crippen LogP contribution in [0.5, 0.6) is 0 Å². The topological polar surface area (TPSA) is 39.2 Å². The van der Waals surface area contributed by atoms with Gasteiger partial charge in [-0.15, -0.1) is 0 Å². The number of esters is 1. The first-order valence-corrected chi connectivity index (χ1v) is 9.42. The van der Waals surface area contributed by atoms with Gasteiger partial charge in [0.05, 0.1) is 12.1 Å². The summed E-state index contributed by atoms with van der Waals surface area (Å²) in [5.74, 6) is -0.484. The van der Waals surface area contributed by atoms with Crippen LogP contribution >= 0.6 is 23.2 Å². The molecule has 0 aliphatic heterocycles. The monoisotopic (exact) mass is 385 g/mol. The smallest absolute Gasteiger partial charge is 0.341 e. The van der Waals surface area contributed by atoms with Crippen molar-refractivity contribution in [2.75, 3.05) is 6.61 Å². The number of pyridine rings is 1. The Bertz CT molecular complexity index is 1030. The minimum absolute atomic E-state index is 0.142. The first kappa shape index (κ1) is 17.3. The maximum absolute atomic E-state index is 12.7. The van der Waals surface area contributed by atoms with Crippen molar-refractivity contribution in [2.45, 2.75) is 26.2 Å². The fourth-order valence-electron chi connectivity index (χ4n) is 3.64. The van der Waals surface area contributed by atoms with Gasteiger partial charge in [-0.2, -0.15) is 0 Å². The van der Waals surface area contributed by atoms with Gasteiger partial charge < -0.3 is 4.74 Å². The fraction of sp³-hybridized carbons (Fsp3) is 0.238. The molecule has 1 aromatic heterocycles. The SMILES string of the molecule is CCOC(=O)c1c(Cl)nc2cc3c(cc2c1-c1ccccc1Cl)CCC3. The molecule has 0 bridgehead atoms. The lowest BCUT2D eigenvalue weighted by molar-refractivity contribution is 0.0527. The summed E-state index contributed by atoms with van der Waals surface area (Å²) >= 11 is 12.9. The van der Waals surface area contributed by atoms with E-state index in [1.165, 1.54) is 11.1 Å². The van der Waals surface area contributed by atoms with Crippen LogP contribution in [0.2, 0.25) is 10.2 Å². The van der Waals surface area contributed by atoms with Crippen LogP contribution in [0.25, 0.3) is 22.0 Å². The van der Waals surface area contributed by atoms with Crippen molar-refractivity contribution in [3.8, 4) is 11.1 Å². The zero-order valence-electron chi connectivity index (χ0n) is 14.3. The zero-order valence-corrected chi connectivity index (χ0v) is 15.8. The summed E-state index contributed by atoms with van der Waals surface area (Å²) in [4.78, 5) is 17.2. The Balaban J connectivity index is 2.11. The number of carbonyl (C=O) groups is 1. The number of carbonyl (C=O) groups excluding carboxylic acids is 1. The number of benzene rings is 2. The van der Waals surface area contributed by atoms with E-state index in [4.69, 9.17) is 27.9 Å². The molecule has 1 heterocycles. The van der Waals surface area contributed by atoms with Crippen molar-refractivity contribution in [2.24, 2.45) is 0 Å². The molecular weight excluding hydrogens is 369 g/mol. The van der Waals surface area contributed by atoms with Gasteiger partial charge in [0.2, 0.25) is 0 Å². The average Bonchev–Trinajstić information content (AvgIpc) is 3.07. The Kier molecular flexibility index (Phi) is 4.60. The molecule has 0 atom stereocenters. The summed E-state index contributed by atoms with van der Waals surface area (Å²) in [5, 5.41) is 1.58. The van der Waals surface area contributed by atoms with E-state index in [1.54, 1.807) is 13.0 Å². The number of halogens is 2. The van der Waals surface area contributed by atoms with Crippen LogP contribution in [0.3, 0.4) is 0 Å². The third kappa shape index (κ3) is 2.85. The second-order valence-electron chi connectivity index (χ2n) is 6.34. The molecule has 0 radical (unpaired) electrons. The fourth-order valence-corrected chi connectivity index (χ4v) is 4.13. The predicted molar refractivity (Wildman–Crippen MR) is 105 cm³/mol. The van der Waals surface area contributed by atoms with E-state index in [9.17, 15) is 4.79 Å². The highest BCUT2D eigenvalue weighted by atomic mass is 35.5. The van der Waals surface area contributed by atoms with Gasteiger partial charge in [-0.25, -0.2) is 9.78 Å². The van der Waals surface area contributed by atoms with Crippen LogP contribution in [-0.4, -0.2) is 17.6 Å². The molecule has 26 heavy (non-hydrogen) atoms. The van der Waals surface area contributed by atoms with Crippen molar-refractivity contribution < 1.29 is 9.53 Å². The van der Waals surface area contributed by atoms with Gasteiger partial charge in [-0.3, -0.25) is 0 Å². The standard InChI is InChI=1S/C21H17Cl2NO2/c1-2-26-21(25)19-18(14-8-3-4-9-16(14)22)15-10-12-6-5-7-13(12)11-17(15)24-20(19)23/h3-4,8-11H,2,5-7H2,1H3. The lowest BCUT2D eigenvalue weighted by Crippen LogP contribution is -2.09. The van der Waals surface area contributed by atoms with E-state index in [0.29, 0.717) is 10.6 Å². The summed E-state index contributed by atoms with van der Waals surface area (Å²) in [5.41, 5.74) is 5.09. The Morgan fingerprint density at radius 2 is 1.88 bits per heavy atom. The van der Waals surface area contributed by atoms with Crippen molar-refractivity contribution in [1.29, 1.82) is 0 Å². The first-order valence-electron chi connectivity index (χ1n) is 8.67. The molecule has 0 spiro atoms. The molecule has 0 amide bonds. The number of fused-ring (bicyclic) bond motifs is 2. The Labute approximate surface area is 161 Å². The van der Waals surface area contributed by atoms with E-state index in [1.807, 2.05) is 18.2 Å². The van der Waals surface area contributed by atoms with Gasteiger partial charge >= 0.3 is 5.97 Å². The third-order valence-corrected chi connectivity index (χ3v) is 5.38. The van der Waals surface area contributed by atoms with Crippen LogP contribution in [-0.2, 0) is 17.6 Å². The van der Waals surface area contributed by atoms with Crippen LogP contribution in [0.15, 0.2) is 36.4 Å². The summed E-state index contributed by atoms with van der Waals surface area (Å²) in [7, 11) is 0. The number of ether oxygens (including phenoxy) is 1. The molecule has 0 saturated carbocycles. The molecule has 0 saturated heterocycles. The summed E-state index contributed by atoms with van der Waals surface area (Å²) in [6, 6.07) is 11.7. The number of hydrogen-bond donors (Lipinski definition) is 0. The Morgan fingerprint density at radius 1 is 1.15 bits per heavy atom. The second kappa shape index (κ2) is 6.90. The average molecular weight is 386 g/mol. The van der Waals surface area contributed by atoms with Crippen molar-refractivity contribution >= 4 is 40.1 Å². The molecule has 0 unspecified atom stereocenters. The van der Waals surface area contributed by atoms with Crippen LogP contribution in [0.1, 0.15) is 34.8 Å². The molecular formula is C21H17Cl2NO2. The van der Waals surface area contributed by atoms with Crippen molar-refractivity contribution in [1.82, 2.24) is 4.98 Å². The highest BCUT2D eigenvalue weighted by Gasteiger charge is 2.25. The van der Waals surface area contributed by atoms with E-state index in [0.717, 1.165) is 35.7 Å². The molecule has 3 aromatic rings. The van der Waals surface area contributed by atoms with Gasteiger partial charge in [-0.05, 0) is 55.5 Å². The summed E-state index contributed by atoms with van der Waals surface area (Å²) in [6.07, 6.45) is 3.21. The van der Waals surface area contributed by atoms with Crippen molar-refractivity contribution in [3.05, 3.63) is 63.3 Å². The largest absolute Gasteiger partial charge is 0.462 e. The summed E-state index contributed by atoms with van der Waals surface area (Å²) < 4.78 is 5.25. The second-order valence-corrected chi connectivity index (χ2v) is 7.11. The molecule has 0 fully saturated rings. The number of hydrogen-bond acceptors (Lipinski definition) is 3. The van der Waals surface area contributed by atoms with Gasteiger partial charge in [0.15, 0.2) is 0 Å². The molecule has 0 N–H and O–H groups in total. The minimum Gasteiger partial charge on any atom is -0.462 e. The highest BCUT2D eigenvalue weighted by Crippen LogP contribution is 2.40. The minimum atomic E-state index is -0.484. The van der Waals surface area contributed by atoms with Gasteiger partial charge in [0, 0.05) is 21.5 Å². The Morgan fingerprint density at radius 3 is 2.62 bits per heavy atom. The molecule has 132 valence electrons. The molecule has 3 nitrogen and oxygen atoms in total. The van der Waals surface area contributed by atoms with E-state index in [2.05, 4.69) is 17.1 Å². The van der Waals surface area contributed by atoms with Gasteiger partial charge in [0.25, 0.3) is 0 Å². The zero-order chi connectivity index (χ0) is 18.3. The predicted octanol–water partition coefficient (Wildman–Crippen LogP) is 5.87. The van der Waals surface area contributed by atoms with Gasteiger partial charge in [0.1, 0.15) is 10.7 Å². The number of nitrogens with zero attached hydrogens (tertiary/aromatic N) is 1. The molecule has 1 aliphatic rings. The highest BCUT2D eigenvalue weighted by molar-refractivity contribution is 6.36. The number of rotatable bonds is 3. The third-order valence-electron chi connectivity index (χ3n) is 4.78. The Hall–Kier alpha value is -2.10. The van der Waals surface area contributed by atoms with Crippen LogP contribution in [0.4, 0.5) is 0 Å². The maximum atomic E-state index is 12.7. The number of aryl methyl sites for hydroxylation is 2.